The Kier molecular flexibility index (Phi) is 4.99. The van der Waals surface area contributed by atoms with Crippen molar-refractivity contribution in [1.82, 2.24) is 0 Å². The van der Waals surface area contributed by atoms with E-state index in [4.69, 9.17) is 24.2 Å². The summed E-state index contributed by atoms with van der Waals surface area (Å²) in [7, 11) is 1.56. The van der Waals surface area contributed by atoms with Gasteiger partial charge in [0.05, 0.1) is 25.3 Å². The third kappa shape index (κ3) is 3.63. The highest BCUT2D eigenvalue weighted by Gasteiger charge is 2.22. The molecule has 1 aliphatic rings. The minimum absolute atomic E-state index is 0.180. The lowest BCUT2D eigenvalue weighted by Crippen LogP contribution is -2.05. The number of benzene rings is 2. The Morgan fingerprint density at radius 3 is 2.72 bits per heavy atom. The SMILES string of the molecule is CCOc1cc2c(cc1COc1ccc(C#N)cc1OC)O[C@@H](C)C2. The highest BCUT2D eigenvalue weighted by atomic mass is 16.5. The van der Waals surface area contributed by atoms with Crippen LogP contribution in [-0.2, 0) is 13.0 Å². The standard InChI is InChI=1S/C20H21NO4/c1-4-23-18-9-15-7-13(2)25-19(15)10-16(18)12-24-17-6-5-14(11-21)8-20(17)22-3/h5-6,8-10,13H,4,7,12H2,1-3H3/t13-/m0/s1. The van der Waals surface area contributed by atoms with Gasteiger partial charge < -0.3 is 18.9 Å². The van der Waals surface area contributed by atoms with Crippen LogP contribution in [0.3, 0.4) is 0 Å². The van der Waals surface area contributed by atoms with Crippen molar-refractivity contribution >= 4 is 0 Å². The van der Waals surface area contributed by atoms with Crippen LogP contribution in [0, 0.1) is 11.3 Å². The normalized spacial score (nSPS) is 15.0. The van der Waals surface area contributed by atoms with Gasteiger partial charge >= 0.3 is 0 Å². The topological polar surface area (TPSA) is 60.7 Å². The van der Waals surface area contributed by atoms with E-state index < -0.39 is 0 Å². The first-order valence-electron chi connectivity index (χ1n) is 8.30. The van der Waals surface area contributed by atoms with Crippen molar-refractivity contribution in [2.24, 2.45) is 0 Å². The number of methoxy groups -OCH3 is 1. The number of nitrogens with zero attached hydrogens (tertiary/aromatic N) is 1. The average molecular weight is 339 g/mol. The van der Waals surface area contributed by atoms with Gasteiger partial charge in [-0.3, -0.25) is 0 Å². The summed E-state index contributed by atoms with van der Waals surface area (Å²) < 4.78 is 22.8. The fourth-order valence-electron chi connectivity index (χ4n) is 2.90. The van der Waals surface area contributed by atoms with Gasteiger partial charge in [0.25, 0.3) is 0 Å². The predicted molar refractivity (Wildman–Crippen MR) is 93.4 cm³/mol. The lowest BCUT2D eigenvalue weighted by atomic mass is 10.1. The molecule has 3 rings (SSSR count). The first kappa shape index (κ1) is 17.0. The second kappa shape index (κ2) is 7.35. The zero-order chi connectivity index (χ0) is 17.8. The van der Waals surface area contributed by atoms with Crippen LogP contribution in [0.1, 0.15) is 30.5 Å². The van der Waals surface area contributed by atoms with E-state index in [9.17, 15) is 0 Å². The van der Waals surface area contributed by atoms with Gasteiger partial charge in [-0.05, 0) is 38.1 Å². The Morgan fingerprint density at radius 1 is 1.16 bits per heavy atom. The van der Waals surface area contributed by atoms with Crippen LogP contribution in [-0.4, -0.2) is 19.8 Å². The monoisotopic (exact) mass is 339 g/mol. The summed E-state index contributed by atoms with van der Waals surface area (Å²) >= 11 is 0. The van der Waals surface area contributed by atoms with Crippen molar-refractivity contribution < 1.29 is 18.9 Å². The summed E-state index contributed by atoms with van der Waals surface area (Å²) in [5, 5.41) is 8.99. The van der Waals surface area contributed by atoms with Crippen LogP contribution in [0.2, 0.25) is 0 Å². The highest BCUT2D eigenvalue weighted by molar-refractivity contribution is 5.50. The van der Waals surface area contributed by atoms with Crippen LogP contribution in [0.4, 0.5) is 0 Å². The third-order valence-corrected chi connectivity index (χ3v) is 4.05. The van der Waals surface area contributed by atoms with Crippen LogP contribution in [0.15, 0.2) is 30.3 Å². The van der Waals surface area contributed by atoms with Gasteiger partial charge in [0.2, 0.25) is 0 Å². The minimum atomic E-state index is 0.180. The molecule has 25 heavy (non-hydrogen) atoms. The number of rotatable bonds is 6. The maximum atomic E-state index is 8.99. The Bertz CT molecular complexity index is 810. The molecule has 0 aromatic heterocycles. The number of hydrogen-bond donors (Lipinski definition) is 0. The van der Waals surface area contributed by atoms with E-state index in [0.29, 0.717) is 30.3 Å². The highest BCUT2D eigenvalue weighted by Crippen LogP contribution is 2.36. The van der Waals surface area contributed by atoms with E-state index in [-0.39, 0.29) is 6.10 Å². The van der Waals surface area contributed by atoms with Crippen LogP contribution < -0.4 is 18.9 Å². The van der Waals surface area contributed by atoms with Crippen molar-refractivity contribution in [1.29, 1.82) is 5.26 Å². The molecule has 2 aromatic rings. The molecular weight excluding hydrogens is 318 g/mol. The van der Waals surface area contributed by atoms with Crippen LogP contribution in [0.5, 0.6) is 23.0 Å². The largest absolute Gasteiger partial charge is 0.493 e. The lowest BCUT2D eigenvalue weighted by Gasteiger charge is -2.15. The molecule has 5 heteroatoms. The van der Waals surface area contributed by atoms with Crippen molar-refractivity contribution in [3.63, 3.8) is 0 Å². The second-order valence-electron chi connectivity index (χ2n) is 5.90. The van der Waals surface area contributed by atoms with Gasteiger partial charge in [0.15, 0.2) is 11.5 Å². The summed E-state index contributed by atoms with van der Waals surface area (Å²) in [6.45, 7) is 4.92. The molecule has 0 radical (unpaired) electrons. The fraction of sp³-hybridized carbons (Fsp3) is 0.350. The molecule has 0 bridgehead atoms. The molecule has 0 saturated heterocycles. The Labute approximate surface area is 147 Å². The Hall–Kier alpha value is -2.87. The van der Waals surface area contributed by atoms with Gasteiger partial charge in [0.1, 0.15) is 24.2 Å². The fourth-order valence-corrected chi connectivity index (χ4v) is 2.90. The zero-order valence-corrected chi connectivity index (χ0v) is 14.7. The van der Waals surface area contributed by atoms with E-state index in [2.05, 4.69) is 13.0 Å². The number of hydrogen-bond acceptors (Lipinski definition) is 5. The zero-order valence-electron chi connectivity index (χ0n) is 14.7. The third-order valence-electron chi connectivity index (χ3n) is 4.05. The van der Waals surface area contributed by atoms with Gasteiger partial charge in [-0.1, -0.05) is 0 Å². The van der Waals surface area contributed by atoms with E-state index in [0.717, 1.165) is 29.0 Å². The molecule has 0 amide bonds. The molecule has 1 atom stereocenters. The van der Waals surface area contributed by atoms with Gasteiger partial charge in [-0.15, -0.1) is 0 Å². The minimum Gasteiger partial charge on any atom is -0.493 e. The first-order chi connectivity index (χ1) is 12.1. The Morgan fingerprint density at radius 2 is 2.00 bits per heavy atom. The molecule has 2 aromatic carbocycles. The van der Waals surface area contributed by atoms with Crippen molar-refractivity contribution in [2.75, 3.05) is 13.7 Å². The molecule has 0 N–H and O–H groups in total. The van der Waals surface area contributed by atoms with Crippen molar-refractivity contribution in [2.45, 2.75) is 33.0 Å². The van der Waals surface area contributed by atoms with E-state index in [1.54, 1.807) is 25.3 Å². The molecule has 1 aliphatic heterocycles. The van der Waals surface area contributed by atoms with Gasteiger partial charge in [-0.2, -0.15) is 5.26 Å². The molecular formula is C20H21NO4. The van der Waals surface area contributed by atoms with Gasteiger partial charge in [0, 0.05) is 23.6 Å². The number of fused-ring (bicyclic) bond motifs is 1. The van der Waals surface area contributed by atoms with Gasteiger partial charge in [-0.25, -0.2) is 0 Å². The summed E-state index contributed by atoms with van der Waals surface area (Å²) in [6, 6.07) is 11.2. The molecule has 130 valence electrons. The maximum absolute atomic E-state index is 8.99. The summed E-state index contributed by atoms with van der Waals surface area (Å²) in [5.41, 5.74) is 2.61. The average Bonchev–Trinajstić information content (AvgIpc) is 2.98. The predicted octanol–water partition coefficient (Wildman–Crippen LogP) is 3.87. The molecule has 0 saturated carbocycles. The van der Waals surface area contributed by atoms with E-state index in [1.165, 1.54) is 0 Å². The number of nitriles is 1. The summed E-state index contributed by atoms with van der Waals surface area (Å²) in [6.07, 6.45) is 1.07. The molecule has 0 unspecified atom stereocenters. The van der Waals surface area contributed by atoms with Crippen LogP contribution >= 0.6 is 0 Å². The quantitative estimate of drug-likeness (QED) is 0.799. The molecule has 0 spiro atoms. The first-order valence-corrected chi connectivity index (χ1v) is 8.30. The smallest absolute Gasteiger partial charge is 0.162 e. The Balaban J connectivity index is 1.84. The van der Waals surface area contributed by atoms with E-state index >= 15 is 0 Å². The molecule has 0 fully saturated rings. The maximum Gasteiger partial charge on any atom is 0.162 e. The van der Waals surface area contributed by atoms with E-state index in [1.807, 2.05) is 19.1 Å². The summed E-state index contributed by atoms with van der Waals surface area (Å²) in [5.74, 6) is 2.81. The number of ether oxygens (including phenoxy) is 4. The lowest BCUT2D eigenvalue weighted by molar-refractivity contribution is 0.251. The second-order valence-corrected chi connectivity index (χ2v) is 5.90. The van der Waals surface area contributed by atoms with Crippen molar-refractivity contribution in [3.05, 3.63) is 47.0 Å². The van der Waals surface area contributed by atoms with Crippen molar-refractivity contribution in [3.8, 4) is 29.1 Å². The molecule has 0 aliphatic carbocycles. The molecule has 5 nitrogen and oxygen atoms in total. The summed E-state index contributed by atoms with van der Waals surface area (Å²) in [4.78, 5) is 0. The van der Waals surface area contributed by atoms with Crippen LogP contribution in [0.25, 0.3) is 0 Å². The molecule has 1 heterocycles.